The fourth-order valence-corrected chi connectivity index (χ4v) is 4.33. The SMILES string of the molecule is Cc1ccc(C(=O)N(CCCN)[C@@H](c2nc3cncnc3n2Cc2ccccc2)C(C)C)cc1. The average Bonchev–Trinajstić information content (AvgIpc) is 3.19. The molecule has 0 fully saturated rings. The molecule has 0 aliphatic carbocycles. The third-order valence-electron chi connectivity index (χ3n) is 6.02. The van der Waals surface area contributed by atoms with Crippen molar-refractivity contribution in [3.63, 3.8) is 0 Å². The molecule has 176 valence electrons. The van der Waals surface area contributed by atoms with Gasteiger partial charge in [-0.2, -0.15) is 0 Å². The zero-order valence-corrected chi connectivity index (χ0v) is 20.1. The lowest BCUT2D eigenvalue weighted by molar-refractivity contribution is 0.0605. The van der Waals surface area contributed by atoms with Gasteiger partial charge < -0.3 is 15.2 Å². The van der Waals surface area contributed by atoms with Crippen LogP contribution < -0.4 is 5.73 Å². The monoisotopic (exact) mass is 456 g/mol. The van der Waals surface area contributed by atoms with E-state index in [-0.39, 0.29) is 17.9 Å². The standard InChI is InChI=1S/C27H32N6O/c1-19(2)24(32(15-7-14-28)27(34)22-12-10-20(3)11-13-22)26-31-23-16-29-18-30-25(23)33(26)17-21-8-5-4-6-9-21/h4-6,8-13,16,18-19,24H,7,14-15,17,28H2,1-3H3/t24-/m1/s1. The van der Waals surface area contributed by atoms with Crippen molar-refractivity contribution in [2.45, 2.75) is 39.8 Å². The summed E-state index contributed by atoms with van der Waals surface area (Å²) in [6.07, 6.45) is 3.99. The second kappa shape index (κ2) is 10.6. The summed E-state index contributed by atoms with van der Waals surface area (Å²) >= 11 is 0. The Morgan fingerprint density at radius 1 is 1.09 bits per heavy atom. The Kier molecular flexibility index (Phi) is 7.33. The molecular formula is C27H32N6O. The summed E-state index contributed by atoms with van der Waals surface area (Å²) in [5.74, 6) is 0.912. The number of hydrogen-bond acceptors (Lipinski definition) is 5. The summed E-state index contributed by atoms with van der Waals surface area (Å²) in [4.78, 5) is 29.4. The van der Waals surface area contributed by atoms with Gasteiger partial charge in [0.05, 0.1) is 18.8 Å². The number of nitrogens with two attached hydrogens (primary N) is 1. The zero-order valence-electron chi connectivity index (χ0n) is 20.1. The molecule has 1 atom stereocenters. The van der Waals surface area contributed by atoms with E-state index in [1.54, 1.807) is 12.5 Å². The highest BCUT2D eigenvalue weighted by molar-refractivity contribution is 5.94. The number of benzene rings is 2. The Hall–Kier alpha value is -3.58. The molecule has 0 unspecified atom stereocenters. The molecule has 0 radical (unpaired) electrons. The second-order valence-electron chi connectivity index (χ2n) is 8.97. The van der Waals surface area contributed by atoms with Crippen LogP contribution in [-0.4, -0.2) is 43.4 Å². The van der Waals surface area contributed by atoms with E-state index in [0.717, 1.165) is 28.1 Å². The van der Waals surface area contributed by atoms with Crippen molar-refractivity contribution in [3.8, 4) is 0 Å². The number of imidazole rings is 1. The third kappa shape index (κ3) is 4.99. The quantitative estimate of drug-likeness (QED) is 0.404. The topological polar surface area (TPSA) is 89.9 Å². The van der Waals surface area contributed by atoms with Crippen LogP contribution in [0.5, 0.6) is 0 Å². The maximum atomic E-state index is 13.8. The number of aryl methyl sites for hydroxylation is 1. The summed E-state index contributed by atoms with van der Waals surface area (Å²) in [5.41, 5.74) is 10.3. The van der Waals surface area contributed by atoms with Crippen LogP contribution in [0.15, 0.2) is 67.1 Å². The molecule has 7 heteroatoms. The van der Waals surface area contributed by atoms with Gasteiger partial charge in [-0.15, -0.1) is 0 Å². The van der Waals surface area contributed by atoms with Gasteiger partial charge in [-0.1, -0.05) is 61.9 Å². The molecule has 0 bridgehead atoms. The van der Waals surface area contributed by atoms with E-state index < -0.39 is 0 Å². The molecule has 0 aliphatic heterocycles. The largest absolute Gasteiger partial charge is 0.330 e. The lowest BCUT2D eigenvalue weighted by Crippen LogP contribution is -2.40. The zero-order chi connectivity index (χ0) is 24.1. The second-order valence-corrected chi connectivity index (χ2v) is 8.97. The maximum Gasteiger partial charge on any atom is 0.254 e. The summed E-state index contributed by atoms with van der Waals surface area (Å²) in [6.45, 7) is 7.93. The van der Waals surface area contributed by atoms with E-state index in [4.69, 9.17) is 10.7 Å². The fraction of sp³-hybridized carbons (Fsp3) is 0.333. The van der Waals surface area contributed by atoms with Gasteiger partial charge >= 0.3 is 0 Å². The molecule has 34 heavy (non-hydrogen) atoms. The number of carbonyl (C=O) groups is 1. The van der Waals surface area contributed by atoms with Crippen molar-refractivity contribution in [2.24, 2.45) is 11.7 Å². The van der Waals surface area contributed by atoms with Gasteiger partial charge in [-0.05, 0) is 43.5 Å². The Bertz CT molecular complexity index is 1230. The highest BCUT2D eigenvalue weighted by atomic mass is 16.2. The molecule has 0 saturated heterocycles. The van der Waals surface area contributed by atoms with Crippen LogP contribution in [-0.2, 0) is 6.54 Å². The average molecular weight is 457 g/mol. The molecule has 0 spiro atoms. The van der Waals surface area contributed by atoms with E-state index in [1.807, 2.05) is 54.3 Å². The lowest BCUT2D eigenvalue weighted by atomic mass is 9.99. The van der Waals surface area contributed by atoms with Crippen LogP contribution in [0, 0.1) is 12.8 Å². The van der Waals surface area contributed by atoms with Crippen molar-refractivity contribution >= 4 is 17.1 Å². The van der Waals surface area contributed by atoms with Crippen LogP contribution in [0.4, 0.5) is 0 Å². The molecule has 2 aromatic carbocycles. The number of aromatic nitrogens is 4. The van der Waals surface area contributed by atoms with E-state index in [2.05, 4.69) is 40.5 Å². The third-order valence-corrected chi connectivity index (χ3v) is 6.02. The molecule has 2 heterocycles. The van der Waals surface area contributed by atoms with Crippen LogP contribution in [0.2, 0.25) is 0 Å². The number of carbonyl (C=O) groups excluding carboxylic acids is 1. The molecule has 7 nitrogen and oxygen atoms in total. The van der Waals surface area contributed by atoms with Gasteiger partial charge in [0.25, 0.3) is 5.91 Å². The Labute approximate surface area is 200 Å². The maximum absolute atomic E-state index is 13.8. The predicted molar refractivity (Wildman–Crippen MR) is 134 cm³/mol. The van der Waals surface area contributed by atoms with E-state index in [9.17, 15) is 4.79 Å². The number of amides is 1. The summed E-state index contributed by atoms with van der Waals surface area (Å²) in [5, 5.41) is 0. The van der Waals surface area contributed by atoms with E-state index >= 15 is 0 Å². The van der Waals surface area contributed by atoms with Gasteiger partial charge in [0, 0.05) is 12.1 Å². The van der Waals surface area contributed by atoms with Crippen molar-refractivity contribution in [2.75, 3.05) is 13.1 Å². The number of nitrogens with zero attached hydrogens (tertiary/aromatic N) is 5. The van der Waals surface area contributed by atoms with Gasteiger partial charge in [0.2, 0.25) is 0 Å². The fourth-order valence-electron chi connectivity index (χ4n) is 4.33. The molecule has 2 aromatic heterocycles. The summed E-state index contributed by atoms with van der Waals surface area (Å²) in [6, 6.07) is 17.7. The Morgan fingerprint density at radius 2 is 1.82 bits per heavy atom. The molecule has 4 aromatic rings. The first-order valence-corrected chi connectivity index (χ1v) is 11.8. The molecule has 2 N–H and O–H groups in total. The number of rotatable bonds is 9. The van der Waals surface area contributed by atoms with Crippen LogP contribution >= 0.6 is 0 Å². The minimum atomic E-state index is -0.252. The van der Waals surface area contributed by atoms with Gasteiger partial charge in [-0.25, -0.2) is 15.0 Å². The van der Waals surface area contributed by atoms with E-state index in [1.165, 1.54) is 0 Å². The molecule has 4 rings (SSSR count). The lowest BCUT2D eigenvalue weighted by Gasteiger charge is -2.34. The minimum absolute atomic E-state index is 0.0171. The Balaban J connectivity index is 1.83. The van der Waals surface area contributed by atoms with Crippen molar-refractivity contribution in [1.29, 1.82) is 0 Å². The Morgan fingerprint density at radius 3 is 2.50 bits per heavy atom. The smallest absolute Gasteiger partial charge is 0.254 e. The normalized spacial score (nSPS) is 12.3. The molecule has 1 amide bonds. The van der Waals surface area contributed by atoms with E-state index in [0.29, 0.717) is 31.6 Å². The van der Waals surface area contributed by atoms with Crippen LogP contribution in [0.1, 0.15) is 53.6 Å². The highest BCUT2D eigenvalue weighted by Crippen LogP contribution is 2.32. The van der Waals surface area contributed by atoms with Crippen LogP contribution in [0.3, 0.4) is 0 Å². The van der Waals surface area contributed by atoms with Crippen molar-refractivity contribution in [1.82, 2.24) is 24.4 Å². The molecule has 0 aliphatic rings. The molecule has 0 saturated carbocycles. The number of hydrogen-bond donors (Lipinski definition) is 1. The summed E-state index contributed by atoms with van der Waals surface area (Å²) in [7, 11) is 0. The van der Waals surface area contributed by atoms with Crippen molar-refractivity contribution in [3.05, 3.63) is 89.6 Å². The first-order chi connectivity index (χ1) is 16.5. The van der Waals surface area contributed by atoms with Crippen LogP contribution in [0.25, 0.3) is 11.2 Å². The van der Waals surface area contributed by atoms with Gasteiger partial charge in [0.15, 0.2) is 5.65 Å². The molecular weight excluding hydrogens is 424 g/mol. The first kappa shape index (κ1) is 23.6. The summed E-state index contributed by atoms with van der Waals surface area (Å²) < 4.78 is 2.12. The minimum Gasteiger partial charge on any atom is -0.330 e. The first-order valence-electron chi connectivity index (χ1n) is 11.8. The predicted octanol–water partition coefficient (Wildman–Crippen LogP) is 4.37. The number of fused-ring (bicyclic) bond motifs is 1. The van der Waals surface area contributed by atoms with Gasteiger partial charge in [0.1, 0.15) is 17.7 Å². The van der Waals surface area contributed by atoms with Gasteiger partial charge in [-0.3, -0.25) is 4.79 Å². The van der Waals surface area contributed by atoms with Crippen molar-refractivity contribution < 1.29 is 4.79 Å². The highest BCUT2D eigenvalue weighted by Gasteiger charge is 2.33.